The lowest BCUT2D eigenvalue weighted by Gasteiger charge is -2.50. The average molecular weight is 573 g/mol. The molecule has 0 saturated heterocycles. The first-order valence-corrected chi connectivity index (χ1v) is 15.0. The molecule has 0 heterocycles. The predicted octanol–water partition coefficient (Wildman–Crippen LogP) is 6.21. The summed E-state index contributed by atoms with van der Waals surface area (Å²) in [7, 11) is 0. The van der Waals surface area contributed by atoms with Crippen molar-refractivity contribution in [1.82, 2.24) is 0 Å². The molecule has 0 aromatic heterocycles. The molecule has 42 heavy (non-hydrogen) atoms. The van der Waals surface area contributed by atoms with Gasteiger partial charge in [0, 0.05) is 17.4 Å². The third-order valence-corrected chi connectivity index (χ3v) is 9.59. The number of Topliss-reactive ketones (excluding diaryl/α,β-unsaturated/α-hetero) is 3. The van der Waals surface area contributed by atoms with Gasteiger partial charge in [-0.15, -0.1) is 0 Å². The van der Waals surface area contributed by atoms with Crippen molar-refractivity contribution < 1.29 is 34.8 Å². The lowest BCUT2D eigenvalue weighted by atomic mass is 9.55. The molecule has 2 aromatic carbocycles. The lowest BCUT2D eigenvalue weighted by Crippen LogP contribution is -2.60. The topological polar surface area (TPSA) is 132 Å². The van der Waals surface area contributed by atoms with Crippen LogP contribution >= 0.6 is 0 Å². The Morgan fingerprint density at radius 1 is 1.02 bits per heavy atom. The number of aromatic hydroxyl groups is 1. The molecular weight excluding hydrogens is 532 g/mol. The van der Waals surface area contributed by atoms with Crippen molar-refractivity contribution in [2.45, 2.75) is 72.3 Å². The number of rotatable bonds is 7. The first kappa shape index (κ1) is 29.8. The maximum atomic E-state index is 14.0. The zero-order valence-corrected chi connectivity index (χ0v) is 24.9. The van der Waals surface area contributed by atoms with Gasteiger partial charge in [0.1, 0.15) is 22.8 Å². The Labute approximate surface area is 246 Å². The van der Waals surface area contributed by atoms with E-state index >= 15 is 0 Å². The fourth-order valence-electron chi connectivity index (χ4n) is 7.68. The number of phenolic OH excluding ortho intramolecular Hbond substituents is 1. The monoisotopic (exact) mass is 572 g/mol. The van der Waals surface area contributed by atoms with Crippen LogP contribution in [0, 0.1) is 29.6 Å². The minimum absolute atomic E-state index is 0.0434. The summed E-state index contributed by atoms with van der Waals surface area (Å²) in [6.07, 6.45) is 3.69. The fraction of sp³-hybridized carbons (Fsp3) is 0.457. The third-order valence-electron chi connectivity index (χ3n) is 9.59. The molecule has 0 radical (unpaired) electrons. The quantitative estimate of drug-likeness (QED) is 0.290. The summed E-state index contributed by atoms with van der Waals surface area (Å²) in [6, 6.07) is 11.5. The second-order valence-electron chi connectivity index (χ2n) is 12.8. The summed E-state index contributed by atoms with van der Waals surface area (Å²) in [4.78, 5) is 39.9. The summed E-state index contributed by atoms with van der Waals surface area (Å²) < 4.78 is 0. The number of benzene rings is 2. The van der Waals surface area contributed by atoms with E-state index in [1.165, 1.54) is 11.6 Å². The Morgan fingerprint density at radius 2 is 1.69 bits per heavy atom. The van der Waals surface area contributed by atoms with Crippen LogP contribution < -0.4 is 0 Å². The van der Waals surface area contributed by atoms with Gasteiger partial charge in [-0.3, -0.25) is 14.4 Å². The van der Waals surface area contributed by atoms with Crippen LogP contribution in [0.5, 0.6) is 5.75 Å². The van der Waals surface area contributed by atoms with Crippen LogP contribution in [0.1, 0.15) is 75.4 Å². The number of allylic oxidation sites excluding steroid dienone is 2. The highest BCUT2D eigenvalue weighted by Crippen LogP contribution is 2.55. The molecule has 5 atom stereocenters. The van der Waals surface area contributed by atoms with Gasteiger partial charge in [-0.1, -0.05) is 70.9 Å². The number of hydrogen-bond acceptors (Lipinski definition) is 7. The summed E-state index contributed by atoms with van der Waals surface area (Å²) in [5, 5.41) is 45.3. The van der Waals surface area contributed by atoms with Gasteiger partial charge >= 0.3 is 0 Å². The number of fused-ring (bicyclic) bond motifs is 3. The Kier molecular flexibility index (Phi) is 7.69. The SMILES string of the molecule is CCCC(C)Cc1ccc(-c2ccc(O)c3c2CC2CC4C(C(C)C)C(O)=C(C(C)=O)C(=O)C4(O)C(O)=C2C3=O)cc1. The van der Waals surface area contributed by atoms with Gasteiger partial charge in [-0.05, 0) is 72.3 Å². The van der Waals surface area contributed by atoms with Gasteiger partial charge in [0.2, 0.25) is 5.78 Å². The molecular formula is C35H40O7. The van der Waals surface area contributed by atoms with Gasteiger partial charge in [0.05, 0.1) is 5.56 Å². The largest absolute Gasteiger partial charge is 0.511 e. The lowest BCUT2D eigenvalue weighted by molar-refractivity contribution is -0.149. The van der Waals surface area contributed by atoms with E-state index in [0.717, 1.165) is 37.3 Å². The Balaban J connectivity index is 1.61. The average Bonchev–Trinajstić information content (AvgIpc) is 2.91. The zero-order valence-electron chi connectivity index (χ0n) is 24.9. The fourth-order valence-corrected chi connectivity index (χ4v) is 7.68. The van der Waals surface area contributed by atoms with E-state index in [0.29, 0.717) is 11.5 Å². The van der Waals surface area contributed by atoms with Crippen LogP contribution in [0.2, 0.25) is 0 Å². The highest BCUT2D eigenvalue weighted by molar-refractivity contribution is 6.25. The number of hydrogen-bond donors (Lipinski definition) is 4. The van der Waals surface area contributed by atoms with Gasteiger partial charge in [-0.25, -0.2) is 0 Å². The summed E-state index contributed by atoms with van der Waals surface area (Å²) in [5.41, 5.74) is 0.422. The molecule has 2 aromatic rings. The zero-order chi connectivity index (χ0) is 30.7. The van der Waals surface area contributed by atoms with Crippen molar-refractivity contribution in [3.63, 3.8) is 0 Å². The standard InChI is InChI=1S/C35H40O7/c1-6-7-18(4)14-20-8-10-21(11-9-20)23-12-13-26(37)30-24(23)15-22-16-25-27(17(2)3)31(38)28(19(5)36)33(40)35(25,42)34(41)29(22)32(30)39/h8-13,17-18,22,25,27,37-38,41-42H,6-7,14-16H2,1-5H3. The van der Waals surface area contributed by atoms with E-state index in [4.69, 9.17) is 0 Å². The van der Waals surface area contributed by atoms with Crippen LogP contribution in [-0.4, -0.2) is 43.4 Å². The van der Waals surface area contributed by atoms with E-state index in [-0.39, 0.29) is 41.4 Å². The number of phenols is 1. The summed E-state index contributed by atoms with van der Waals surface area (Å²) >= 11 is 0. The maximum Gasteiger partial charge on any atom is 0.209 e. The summed E-state index contributed by atoms with van der Waals surface area (Å²) in [5.74, 6) is -5.84. The van der Waals surface area contributed by atoms with Gasteiger partial charge < -0.3 is 20.4 Å². The number of aliphatic hydroxyl groups excluding tert-OH is 2. The molecule has 3 aliphatic carbocycles. The van der Waals surface area contributed by atoms with E-state index < -0.39 is 52.0 Å². The second-order valence-corrected chi connectivity index (χ2v) is 12.8. The molecule has 0 saturated carbocycles. The molecule has 0 fully saturated rings. The summed E-state index contributed by atoms with van der Waals surface area (Å²) in [6.45, 7) is 9.18. The van der Waals surface area contributed by atoms with E-state index in [1.807, 2.05) is 26.0 Å². The highest BCUT2D eigenvalue weighted by atomic mass is 16.3. The van der Waals surface area contributed by atoms with Crippen molar-refractivity contribution in [3.05, 3.63) is 75.8 Å². The number of aliphatic hydroxyl groups is 3. The van der Waals surface area contributed by atoms with Crippen LogP contribution in [0.15, 0.2) is 59.1 Å². The molecule has 5 unspecified atom stereocenters. The molecule has 4 N–H and O–H groups in total. The minimum Gasteiger partial charge on any atom is -0.511 e. The normalized spacial score (nSPS) is 26.2. The van der Waals surface area contributed by atoms with Crippen LogP contribution in [0.3, 0.4) is 0 Å². The Bertz CT molecular complexity index is 1530. The molecule has 222 valence electrons. The van der Waals surface area contributed by atoms with E-state index in [2.05, 4.69) is 26.0 Å². The number of carbonyl (C=O) groups excluding carboxylic acids is 3. The number of carbonyl (C=O) groups is 3. The van der Waals surface area contributed by atoms with E-state index in [9.17, 15) is 34.8 Å². The molecule has 5 rings (SSSR count). The van der Waals surface area contributed by atoms with Crippen LogP contribution in [-0.2, 0) is 22.4 Å². The van der Waals surface area contributed by atoms with Gasteiger partial charge in [0.25, 0.3) is 0 Å². The highest BCUT2D eigenvalue weighted by Gasteiger charge is 2.62. The molecule has 0 aliphatic heterocycles. The molecule has 0 spiro atoms. The van der Waals surface area contributed by atoms with Crippen molar-refractivity contribution in [1.29, 1.82) is 0 Å². The molecule has 7 heteroatoms. The Morgan fingerprint density at radius 3 is 2.29 bits per heavy atom. The maximum absolute atomic E-state index is 14.0. The van der Waals surface area contributed by atoms with Crippen molar-refractivity contribution >= 4 is 17.3 Å². The molecule has 0 bridgehead atoms. The van der Waals surface area contributed by atoms with Crippen molar-refractivity contribution in [2.75, 3.05) is 0 Å². The molecule has 7 nitrogen and oxygen atoms in total. The first-order chi connectivity index (χ1) is 19.8. The van der Waals surface area contributed by atoms with Gasteiger partial charge in [0.15, 0.2) is 17.2 Å². The van der Waals surface area contributed by atoms with E-state index in [1.54, 1.807) is 6.07 Å². The predicted molar refractivity (Wildman–Crippen MR) is 159 cm³/mol. The van der Waals surface area contributed by atoms with Crippen molar-refractivity contribution in [3.8, 4) is 16.9 Å². The van der Waals surface area contributed by atoms with Crippen LogP contribution in [0.25, 0.3) is 11.1 Å². The molecule has 0 amide bonds. The van der Waals surface area contributed by atoms with Crippen LogP contribution in [0.4, 0.5) is 0 Å². The van der Waals surface area contributed by atoms with Crippen molar-refractivity contribution in [2.24, 2.45) is 29.6 Å². The van der Waals surface area contributed by atoms with Gasteiger partial charge in [-0.2, -0.15) is 0 Å². The Hall–Kier alpha value is -3.71. The molecule has 3 aliphatic rings. The smallest absolute Gasteiger partial charge is 0.209 e. The first-order valence-electron chi connectivity index (χ1n) is 15.0. The second kappa shape index (κ2) is 10.8. The third kappa shape index (κ3) is 4.49. The number of ketones is 3. The minimum atomic E-state index is -2.53.